The first kappa shape index (κ1) is 15.6. The summed E-state index contributed by atoms with van der Waals surface area (Å²) in [7, 11) is 1.65. The minimum atomic E-state index is 0.455. The van der Waals surface area contributed by atoms with Crippen LogP contribution in [0.5, 0.6) is 5.75 Å². The van der Waals surface area contributed by atoms with Crippen molar-refractivity contribution in [2.45, 2.75) is 13.3 Å². The van der Waals surface area contributed by atoms with Crippen molar-refractivity contribution in [1.82, 2.24) is 19.9 Å². The quantitative estimate of drug-likeness (QED) is 0.570. The molecule has 0 radical (unpaired) electrons. The van der Waals surface area contributed by atoms with E-state index < -0.39 is 0 Å². The van der Waals surface area contributed by atoms with Crippen LogP contribution in [0.4, 0.5) is 0 Å². The summed E-state index contributed by atoms with van der Waals surface area (Å²) in [5.41, 5.74) is 1.91. The molecule has 0 aliphatic rings. The molecule has 0 aliphatic carbocycles. The summed E-state index contributed by atoms with van der Waals surface area (Å²) in [5.74, 6) is 1.56. The Morgan fingerprint density at radius 2 is 2.17 bits per heavy atom. The summed E-state index contributed by atoms with van der Waals surface area (Å²) in [4.78, 5) is 4.35. The molecule has 0 amide bonds. The molecule has 6 nitrogen and oxygen atoms in total. The van der Waals surface area contributed by atoms with Gasteiger partial charge in [0.05, 0.1) is 24.0 Å². The molecule has 23 heavy (non-hydrogen) atoms. The third-order valence-corrected chi connectivity index (χ3v) is 4.24. The van der Waals surface area contributed by atoms with E-state index in [0.29, 0.717) is 11.2 Å². The SMILES string of the molecule is COc1ccc(Cc2n[nH]c(=S)n2/N=C\c2csc(C)n2)cc1. The van der Waals surface area contributed by atoms with E-state index in [4.69, 9.17) is 17.0 Å². The van der Waals surface area contributed by atoms with Gasteiger partial charge >= 0.3 is 0 Å². The van der Waals surface area contributed by atoms with Crippen LogP contribution in [0, 0.1) is 11.7 Å². The first-order valence-corrected chi connectivity index (χ1v) is 8.20. The molecule has 2 heterocycles. The summed E-state index contributed by atoms with van der Waals surface area (Å²) in [6, 6.07) is 7.83. The number of hydrogen-bond acceptors (Lipinski definition) is 6. The number of rotatable bonds is 5. The zero-order chi connectivity index (χ0) is 16.2. The Kier molecular flexibility index (Phi) is 4.63. The maximum absolute atomic E-state index is 5.24. The normalized spacial score (nSPS) is 11.2. The highest BCUT2D eigenvalue weighted by molar-refractivity contribution is 7.71. The highest BCUT2D eigenvalue weighted by Crippen LogP contribution is 2.14. The van der Waals surface area contributed by atoms with Crippen LogP contribution < -0.4 is 4.74 Å². The summed E-state index contributed by atoms with van der Waals surface area (Å²) < 4.78 is 7.24. The number of benzene rings is 1. The van der Waals surface area contributed by atoms with Crippen molar-refractivity contribution in [2.75, 3.05) is 7.11 Å². The highest BCUT2D eigenvalue weighted by Gasteiger charge is 2.07. The van der Waals surface area contributed by atoms with Crippen LogP contribution in [0.3, 0.4) is 0 Å². The Balaban J connectivity index is 1.83. The van der Waals surface area contributed by atoms with E-state index >= 15 is 0 Å². The van der Waals surface area contributed by atoms with Gasteiger partial charge in [-0.1, -0.05) is 12.1 Å². The Labute approximate surface area is 142 Å². The predicted octanol–water partition coefficient (Wildman–Crippen LogP) is 3.19. The van der Waals surface area contributed by atoms with Crippen LogP contribution in [0.2, 0.25) is 0 Å². The van der Waals surface area contributed by atoms with Gasteiger partial charge in [-0.3, -0.25) is 5.10 Å². The largest absolute Gasteiger partial charge is 0.497 e. The number of methoxy groups -OCH3 is 1. The highest BCUT2D eigenvalue weighted by atomic mass is 32.1. The average molecular weight is 345 g/mol. The van der Waals surface area contributed by atoms with Crippen molar-refractivity contribution in [3.8, 4) is 5.75 Å². The minimum Gasteiger partial charge on any atom is -0.497 e. The van der Waals surface area contributed by atoms with E-state index in [2.05, 4.69) is 20.3 Å². The Morgan fingerprint density at radius 3 is 2.83 bits per heavy atom. The van der Waals surface area contributed by atoms with E-state index in [0.717, 1.165) is 27.8 Å². The number of thiazole rings is 1. The van der Waals surface area contributed by atoms with E-state index in [9.17, 15) is 0 Å². The van der Waals surface area contributed by atoms with Gasteiger partial charge in [0.2, 0.25) is 4.77 Å². The van der Waals surface area contributed by atoms with Gasteiger partial charge in [-0.2, -0.15) is 14.9 Å². The number of aromatic amines is 1. The topological polar surface area (TPSA) is 68.1 Å². The maximum Gasteiger partial charge on any atom is 0.216 e. The molecule has 0 saturated heterocycles. The van der Waals surface area contributed by atoms with Crippen LogP contribution >= 0.6 is 23.6 Å². The molecule has 118 valence electrons. The second-order valence-corrected chi connectivity index (χ2v) is 6.27. The van der Waals surface area contributed by atoms with E-state index in [1.807, 2.05) is 36.6 Å². The van der Waals surface area contributed by atoms with Gasteiger partial charge in [-0.25, -0.2) is 4.98 Å². The number of H-pyrrole nitrogens is 1. The standard InChI is InChI=1S/C15H15N5OS2/c1-10-17-12(9-23-10)8-16-20-14(18-19-15(20)22)7-11-3-5-13(21-2)6-4-11/h3-6,8-9H,7H2,1-2H3,(H,19,22)/b16-8-. The molecule has 8 heteroatoms. The fraction of sp³-hybridized carbons (Fsp3) is 0.200. The molecule has 2 aromatic heterocycles. The van der Waals surface area contributed by atoms with Crippen molar-refractivity contribution < 1.29 is 4.74 Å². The summed E-state index contributed by atoms with van der Waals surface area (Å²) >= 11 is 6.83. The summed E-state index contributed by atoms with van der Waals surface area (Å²) in [6.45, 7) is 1.96. The molecule has 0 saturated carbocycles. The molecule has 1 aromatic carbocycles. The van der Waals surface area contributed by atoms with Crippen molar-refractivity contribution >= 4 is 29.8 Å². The lowest BCUT2D eigenvalue weighted by molar-refractivity contribution is 0.414. The third kappa shape index (κ3) is 3.72. The monoisotopic (exact) mass is 345 g/mol. The first-order valence-electron chi connectivity index (χ1n) is 6.91. The van der Waals surface area contributed by atoms with Crippen molar-refractivity contribution in [2.24, 2.45) is 5.10 Å². The average Bonchev–Trinajstić information content (AvgIpc) is 3.12. The van der Waals surface area contributed by atoms with Crippen molar-refractivity contribution in [3.05, 3.63) is 56.5 Å². The van der Waals surface area contributed by atoms with E-state index in [-0.39, 0.29) is 0 Å². The molecule has 0 fully saturated rings. The van der Waals surface area contributed by atoms with Gasteiger partial charge in [0, 0.05) is 11.8 Å². The molecular formula is C15H15N5OS2. The molecule has 0 bridgehead atoms. The van der Waals surface area contributed by atoms with Crippen LogP contribution in [0.1, 0.15) is 22.1 Å². The summed E-state index contributed by atoms with van der Waals surface area (Å²) in [6.07, 6.45) is 2.30. The second-order valence-electron chi connectivity index (χ2n) is 4.82. The van der Waals surface area contributed by atoms with Crippen molar-refractivity contribution in [3.63, 3.8) is 0 Å². The predicted molar refractivity (Wildman–Crippen MR) is 93.1 cm³/mol. The van der Waals surface area contributed by atoms with Gasteiger partial charge in [0.15, 0.2) is 5.82 Å². The Hall–Kier alpha value is -2.32. The molecule has 0 spiro atoms. The zero-order valence-electron chi connectivity index (χ0n) is 12.7. The van der Waals surface area contributed by atoms with Crippen LogP contribution in [-0.4, -0.2) is 33.2 Å². The molecule has 3 rings (SSSR count). The zero-order valence-corrected chi connectivity index (χ0v) is 14.3. The molecular weight excluding hydrogens is 330 g/mol. The first-order chi connectivity index (χ1) is 11.2. The van der Waals surface area contributed by atoms with Crippen molar-refractivity contribution in [1.29, 1.82) is 0 Å². The lowest BCUT2D eigenvalue weighted by Gasteiger charge is -2.03. The van der Waals surface area contributed by atoms with Gasteiger partial charge in [0.25, 0.3) is 0 Å². The summed E-state index contributed by atoms with van der Waals surface area (Å²) in [5, 5.41) is 14.4. The van der Waals surface area contributed by atoms with Gasteiger partial charge < -0.3 is 4.74 Å². The number of aryl methyl sites for hydroxylation is 1. The van der Waals surface area contributed by atoms with E-state index in [1.165, 1.54) is 0 Å². The molecule has 0 atom stereocenters. The van der Waals surface area contributed by atoms with Gasteiger partial charge in [-0.15, -0.1) is 11.3 Å². The number of ether oxygens (including phenoxy) is 1. The Morgan fingerprint density at radius 1 is 1.39 bits per heavy atom. The van der Waals surface area contributed by atoms with E-state index in [1.54, 1.807) is 29.3 Å². The molecule has 1 N–H and O–H groups in total. The van der Waals surface area contributed by atoms with Crippen LogP contribution in [0.25, 0.3) is 0 Å². The maximum atomic E-state index is 5.24. The number of hydrogen-bond donors (Lipinski definition) is 1. The van der Waals surface area contributed by atoms with Gasteiger partial charge in [0.1, 0.15) is 5.75 Å². The Bertz CT molecular complexity index is 876. The number of nitrogens with zero attached hydrogens (tertiary/aromatic N) is 4. The fourth-order valence-electron chi connectivity index (χ4n) is 2.04. The third-order valence-electron chi connectivity index (χ3n) is 3.18. The lowest BCUT2D eigenvalue weighted by Crippen LogP contribution is -2.00. The number of nitrogens with one attached hydrogen (secondary N) is 1. The number of aromatic nitrogens is 4. The van der Waals surface area contributed by atoms with Gasteiger partial charge in [-0.05, 0) is 36.8 Å². The lowest BCUT2D eigenvalue weighted by atomic mass is 10.1. The molecule has 0 unspecified atom stereocenters. The fourth-order valence-corrected chi connectivity index (χ4v) is 2.80. The minimum absolute atomic E-state index is 0.455. The molecule has 3 aromatic rings. The van der Waals surface area contributed by atoms with Crippen LogP contribution in [-0.2, 0) is 6.42 Å². The second kappa shape index (κ2) is 6.84. The molecule has 0 aliphatic heterocycles. The smallest absolute Gasteiger partial charge is 0.216 e. The van der Waals surface area contributed by atoms with Crippen LogP contribution in [0.15, 0.2) is 34.7 Å².